The maximum absolute atomic E-state index is 15.7. The summed E-state index contributed by atoms with van der Waals surface area (Å²) in [5.74, 6) is -2.28. The van der Waals surface area contributed by atoms with Gasteiger partial charge in [0.2, 0.25) is 11.8 Å². The zero-order chi connectivity index (χ0) is 27.7. The first kappa shape index (κ1) is 27.3. The van der Waals surface area contributed by atoms with Gasteiger partial charge in [-0.05, 0) is 73.4 Å². The van der Waals surface area contributed by atoms with E-state index < -0.39 is 29.2 Å². The van der Waals surface area contributed by atoms with Crippen LogP contribution in [0.2, 0.25) is 10.0 Å². The van der Waals surface area contributed by atoms with Crippen LogP contribution in [0.15, 0.2) is 60.7 Å². The van der Waals surface area contributed by atoms with Crippen molar-refractivity contribution in [2.45, 2.75) is 56.5 Å². The number of hydrogen-bond donors (Lipinski definition) is 3. The second-order valence-electron chi connectivity index (χ2n) is 10.2. The molecule has 1 spiro atoms. The third kappa shape index (κ3) is 5.44. The van der Waals surface area contributed by atoms with Crippen LogP contribution in [0.5, 0.6) is 0 Å². The first-order valence-corrected chi connectivity index (χ1v) is 13.7. The molecule has 3 aromatic carbocycles. The van der Waals surface area contributed by atoms with Gasteiger partial charge in [0.25, 0.3) is 0 Å². The van der Waals surface area contributed by atoms with Gasteiger partial charge in [-0.15, -0.1) is 0 Å². The third-order valence-corrected chi connectivity index (χ3v) is 8.19. The number of anilines is 2. The topological polar surface area (TPSA) is 87.3 Å². The summed E-state index contributed by atoms with van der Waals surface area (Å²) in [6, 6.07) is 15.2. The third-order valence-electron chi connectivity index (χ3n) is 7.66. The van der Waals surface area contributed by atoms with Crippen molar-refractivity contribution in [3.63, 3.8) is 0 Å². The Labute approximate surface area is 236 Å². The number of ketones is 1. The highest BCUT2D eigenvalue weighted by molar-refractivity contribution is 6.31. The molecule has 1 aliphatic heterocycles. The Morgan fingerprint density at radius 3 is 2.38 bits per heavy atom. The van der Waals surface area contributed by atoms with Gasteiger partial charge in [-0.3, -0.25) is 19.7 Å². The smallest absolute Gasteiger partial charge is 0.244 e. The number of Topliss-reactive ketones (excluding diaryl/α,β-unsaturated/α-hetero) is 1. The molecule has 3 aromatic rings. The monoisotopic (exact) mass is 567 g/mol. The van der Waals surface area contributed by atoms with Crippen molar-refractivity contribution in [2.24, 2.45) is 0 Å². The van der Waals surface area contributed by atoms with E-state index in [9.17, 15) is 14.4 Å². The number of hydrogen-bond acceptors (Lipinski definition) is 4. The molecule has 0 bridgehead atoms. The molecule has 39 heavy (non-hydrogen) atoms. The van der Waals surface area contributed by atoms with Gasteiger partial charge < -0.3 is 10.6 Å². The fourth-order valence-corrected chi connectivity index (χ4v) is 5.99. The van der Waals surface area contributed by atoms with E-state index in [4.69, 9.17) is 23.2 Å². The molecule has 1 heterocycles. The lowest BCUT2D eigenvalue weighted by molar-refractivity contribution is -0.126. The average molecular weight is 568 g/mol. The van der Waals surface area contributed by atoms with E-state index in [1.807, 2.05) is 0 Å². The molecule has 2 atom stereocenters. The molecule has 1 fully saturated rings. The zero-order valence-corrected chi connectivity index (χ0v) is 22.8. The quantitative estimate of drug-likeness (QED) is 0.305. The number of benzene rings is 3. The van der Waals surface area contributed by atoms with Crippen LogP contribution in [0.4, 0.5) is 15.8 Å². The highest BCUT2D eigenvalue weighted by Crippen LogP contribution is 2.42. The Hall–Kier alpha value is -3.26. The molecule has 5 rings (SSSR count). The van der Waals surface area contributed by atoms with Crippen LogP contribution >= 0.6 is 23.2 Å². The van der Waals surface area contributed by atoms with E-state index in [2.05, 4.69) is 16.0 Å². The van der Waals surface area contributed by atoms with E-state index in [1.165, 1.54) is 13.0 Å². The minimum Gasteiger partial charge on any atom is -0.325 e. The highest BCUT2D eigenvalue weighted by Gasteiger charge is 2.47. The van der Waals surface area contributed by atoms with E-state index in [-0.39, 0.29) is 22.3 Å². The molecule has 0 unspecified atom stereocenters. The number of carbonyl (C=O) groups is 3. The van der Waals surface area contributed by atoms with Crippen molar-refractivity contribution in [3.8, 4) is 0 Å². The molecule has 0 aromatic heterocycles. The summed E-state index contributed by atoms with van der Waals surface area (Å²) in [4.78, 5) is 39.5. The standard InChI is InChI=1S/C30H28Cl2FN3O3/c1-17(37)18-8-11-20(12-9-18)34-28(38)27-25(22-6-5-7-23(32)26(22)33)21-13-10-19(31)16-24(21)35-29(39)30(36-27)14-3-2-4-15-30/h5-13,16,25,27,36H,2-4,14-15H2,1H3,(H,34,38)(H,35,39)/t25-,27+/m0/s1. The van der Waals surface area contributed by atoms with E-state index in [0.717, 1.165) is 19.3 Å². The molecule has 0 saturated heterocycles. The van der Waals surface area contributed by atoms with Gasteiger partial charge in [0.05, 0.1) is 16.6 Å². The van der Waals surface area contributed by atoms with Crippen LogP contribution in [0, 0.1) is 5.82 Å². The summed E-state index contributed by atoms with van der Waals surface area (Å²) in [7, 11) is 0. The van der Waals surface area contributed by atoms with Crippen LogP contribution in [-0.4, -0.2) is 29.2 Å². The first-order chi connectivity index (χ1) is 18.7. The summed E-state index contributed by atoms with van der Waals surface area (Å²) in [5.41, 5.74) is 1.11. The Morgan fingerprint density at radius 1 is 0.974 bits per heavy atom. The van der Waals surface area contributed by atoms with Gasteiger partial charge in [0.1, 0.15) is 5.82 Å². The van der Waals surface area contributed by atoms with Crippen molar-refractivity contribution in [1.82, 2.24) is 5.32 Å². The number of fused-ring (bicyclic) bond motifs is 1. The van der Waals surface area contributed by atoms with Gasteiger partial charge in [0, 0.05) is 27.9 Å². The minimum atomic E-state index is -1.05. The molecule has 3 N–H and O–H groups in total. The average Bonchev–Trinajstić information content (AvgIpc) is 2.91. The summed E-state index contributed by atoms with van der Waals surface area (Å²) in [6.07, 6.45) is 3.64. The van der Waals surface area contributed by atoms with Crippen molar-refractivity contribution in [1.29, 1.82) is 0 Å². The SMILES string of the molecule is CC(=O)c1ccc(NC(=O)[C@@H]2NC3(CCCCC3)C(=O)Nc3cc(Cl)ccc3[C@H]2c2cccc(Cl)c2F)cc1. The van der Waals surface area contributed by atoms with Gasteiger partial charge >= 0.3 is 0 Å². The van der Waals surface area contributed by atoms with Crippen molar-refractivity contribution in [2.75, 3.05) is 10.6 Å². The molecule has 9 heteroatoms. The normalized spacial score (nSPS) is 20.4. The van der Waals surface area contributed by atoms with E-state index in [0.29, 0.717) is 40.4 Å². The zero-order valence-electron chi connectivity index (χ0n) is 21.3. The molecular formula is C30H28Cl2FN3O3. The Kier molecular flexibility index (Phi) is 7.76. The molecule has 1 aliphatic carbocycles. The first-order valence-electron chi connectivity index (χ1n) is 12.9. The summed E-state index contributed by atoms with van der Waals surface area (Å²) >= 11 is 12.5. The number of halogens is 3. The second kappa shape index (κ2) is 11.1. The summed E-state index contributed by atoms with van der Waals surface area (Å²) in [5, 5.41) is 9.66. The number of carbonyl (C=O) groups excluding carboxylic acids is 3. The number of nitrogens with one attached hydrogen (secondary N) is 3. The number of amides is 2. The van der Waals surface area contributed by atoms with Crippen molar-refractivity contribution >= 4 is 52.2 Å². The maximum atomic E-state index is 15.7. The lowest BCUT2D eigenvalue weighted by Crippen LogP contribution is -2.63. The lowest BCUT2D eigenvalue weighted by atomic mass is 9.75. The summed E-state index contributed by atoms with van der Waals surface area (Å²) in [6.45, 7) is 1.47. The van der Waals surface area contributed by atoms with Gasteiger partial charge in [-0.1, -0.05) is 60.7 Å². The largest absolute Gasteiger partial charge is 0.325 e. The Bertz CT molecular complexity index is 1440. The Balaban J connectivity index is 1.67. The molecule has 0 radical (unpaired) electrons. The molecule has 1 saturated carbocycles. The fourth-order valence-electron chi connectivity index (χ4n) is 5.64. The second-order valence-corrected chi connectivity index (χ2v) is 11.0. The molecule has 2 aliphatic rings. The highest BCUT2D eigenvalue weighted by atomic mass is 35.5. The van der Waals surface area contributed by atoms with E-state index in [1.54, 1.807) is 54.6 Å². The van der Waals surface area contributed by atoms with Crippen molar-refractivity contribution in [3.05, 3.63) is 93.2 Å². The fraction of sp³-hybridized carbons (Fsp3) is 0.300. The van der Waals surface area contributed by atoms with Crippen LogP contribution in [-0.2, 0) is 9.59 Å². The molecule has 6 nitrogen and oxygen atoms in total. The van der Waals surface area contributed by atoms with Gasteiger partial charge in [-0.2, -0.15) is 0 Å². The van der Waals surface area contributed by atoms with Crippen LogP contribution in [0.1, 0.15) is 66.4 Å². The van der Waals surface area contributed by atoms with E-state index >= 15 is 4.39 Å². The molecule has 2 amide bonds. The predicted octanol–water partition coefficient (Wildman–Crippen LogP) is 6.72. The summed E-state index contributed by atoms with van der Waals surface area (Å²) < 4.78 is 15.7. The van der Waals surface area contributed by atoms with Crippen LogP contribution in [0.3, 0.4) is 0 Å². The van der Waals surface area contributed by atoms with Gasteiger partial charge in [-0.25, -0.2) is 4.39 Å². The predicted molar refractivity (Wildman–Crippen MR) is 151 cm³/mol. The molecule has 202 valence electrons. The maximum Gasteiger partial charge on any atom is 0.244 e. The minimum absolute atomic E-state index is 0.0690. The van der Waals surface area contributed by atoms with Crippen LogP contribution in [0.25, 0.3) is 0 Å². The lowest BCUT2D eigenvalue weighted by Gasteiger charge is -2.43. The van der Waals surface area contributed by atoms with Crippen molar-refractivity contribution < 1.29 is 18.8 Å². The van der Waals surface area contributed by atoms with Gasteiger partial charge in [0.15, 0.2) is 5.78 Å². The van der Waals surface area contributed by atoms with Crippen LogP contribution < -0.4 is 16.0 Å². The number of rotatable bonds is 4. The Morgan fingerprint density at radius 2 is 1.69 bits per heavy atom. The molecular weight excluding hydrogens is 540 g/mol.